The van der Waals surface area contributed by atoms with Gasteiger partial charge in [-0.05, 0) is 18.9 Å². The Hall–Kier alpha value is -1.94. The first kappa shape index (κ1) is 14.5. The normalized spacial score (nSPS) is 12.3. The van der Waals surface area contributed by atoms with E-state index in [0.29, 0.717) is 13.0 Å². The van der Waals surface area contributed by atoms with Crippen LogP contribution in [0.25, 0.3) is 10.9 Å². The number of rotatable bonds is 6. The predicted molar refractivity (Wildman–Crippen MR) is 77.2 cm³/mol. The highest BCUT2D eigenvalue weighted by Gasteiger charge is 2.14. The molecule has 0 fully saturated rings. The van der Waals surface area contributed by atoms with Crippen LogP contribution in [0.4, 0.5) is 0 Å². The standard InChI is InChI=1S/C16H19NO3/c1-2-11-20-15(19)9-8-14(18)13-7-3-5-12-6-4-10-17-16(12)13/h3-7,10,14,18H,2,8-9,11H2,1H3. The molecule has 2 aromatic rings. The Morgan fingerprint density at radius 2 is 2.15 bits per heavy atom. The third-order valence-corrected chi connectivity index (χ3v) is 3.11. The average Bonchev–Trinajstić information content (AvgIpc) is 2.50. The molecule has 4 heteroatoms. The Morgan fingerprint density at radius 1 is 1.35 bits per heavy atom. The number of hydrogen-bond donors (Lipinski definition) is 1. The van der Waals surface area contributed by atoms with Crippen molar-refractivity contribution >= 4 is 16.9 Å². The van der Waals surface area contributed by atoms with Gasteiger partial charge in [0.25, 0.3) is 0 Å². The molecule has 2 rings (SSSR count). The quantitative estimate of drug-likeness (QED) is 0.822. The summed E-state index contributed by atoms with van der Waals surface area (Å²) in [5.41, 5.74) is 1.54. The molecule has 1 atom stereocenters. The second kappa shape index (κ2) is 7.01. The number of para-hydroxylation sites is 1. The third-order valence-electron chi connectivity index (χ3n) is 3.11. The fourth-order valence-corrected chi connectivity index (χ4v) is 2.09. The van der Waals surface area contributed by atoms with E-state index in [1.165, 1.54) is 0 Å². The van der Waals surface area contributed by atoms with Crippen LogP contribution < -0.4 is 0 Å². The van der Waals surface area contributed by atoms with Gasteiger partial charge in [0.15, 0.2) is 0 Å². The molecule has 0 radical (unpaired) electrons. The summed E-state index contributed by atoms with van der Waals surface area (Å²) in [6.45, 7) is 2.38. The van der Waals surface area contributed by atoms with Gasteiger partial charge in [0.1, 0.15) is 0 Å². The summed E-state index contributed by atoms with van der Waals surface area (Å²) < 4.78 is 5.00. The molecule has 0 spiro atoms. The molecule has 0 saturated heterocycles. The molecular weight excluding hydrogens is 254 g/mol. The molecule has 1 unspecified atom stereocenters. The monoisotopic (exact) mass is 273 g/mol. The number of fused-ring (bicyclic) bond motifs is 1. The topological polar surface area (TPSA) is 59.4 Å². The van der Waals surface area contributed by atoms with Crippen molar-refractivity contribution in [2.24, 2.45) is 0 Å². The van der Waals surface area contributed by atoms with Gasteiger partial charge < -0.3 is 9.84 Å². The van der Waals surface area contributed by atoms with Crippen molar-refractivity contribution in [3.8, 4) is 0 Å². The molecular formula is C16H19NO3. The van der Waals surface area contributed by atoms with Crippen LogP contribution >= 0.6 is 0 Å². The lowest BCUT2D eigenvalue weighted by Gasteiger charge is -2.12. The van der Waals surface area contributed by atoms with E-state index in [2.05, 4.69) is 4.98 Å². The van der Waals surface area contributed by atoms with Crippen LogP contribution in [0, 0.1) is 0 Å². The lowest BCUT2D eigenvalue weighted by Crippen LogP contribution is -2.08. The molecule has 1 heterocycles. The number of benzene rings is 1. The number of carbonyl (C=O) groups is 1. The Labute approximate surface area is 118 Å². The van der Waals surface area contributed by atoms with Crippen LogP contribution in [-0.4, -0.2) is 22.7 Å². The Bertz CT molecular complexity index is 577. The number of pyridine rings is 1. The average molecular weight is 273 g/mol. The van der Waals surface area contributed by atoms with E-state index in [1.54, 1.807) is 6.20 Å². The van der Waals surface area contributed by atoms with E-state index in [4.69, 9.17) is 4.74 Å². The van der Waals surface area contributed by atoms with Crippen LogP contribution in [-0.2, 0) is 9.53 Å². The predicted octanol–water partition coefficient (Wildman–Crippen LogP) is 3.00. The zero-order chi connectivity index (χ0) is 14.4. The van der Waals surface area contributed by atoms with E-state index in [-0.39, 0.29) is 12.4 Å². The van der Waals surface area contributed by atoms with Crippen molar-refractivity contribution in [3.63, 3.8) is 0 Å². The van der Waals surface area contributed by atoms with Crippen molar-refractivity contribution in [1.82, 2.24) is 4.98 Å². The molecule has 1 N–H and O–H groups in total. The molecule has 20 heavy (non-hydrogen) atoms. The first-order valence-electron chi connectivity index (χ1n) is 6.89. The number of carbonyl (C=O) groups excluding carboxylic acids is 1. The molecule has 0 aliphatic rings. The minimum absolute atomic E-state index is 0.213. The molecule has 106 valence electrons. The van der Waals surface area contributed by atoms with Crippen molar-refractivity contribution in [2.45, 2.75) is 32.3 Å². The minimum Gasteiger partial charge on any atom is -0.466 e. The van der Waals surface area contributed by atoms with E-state index >= 15 is 0 Å². The number of aromatic nitrogens is 1. The molecule has 0 aliphatic heterocycles. The fraction of sp³-hybridized carbons (Fsp3) is 0.375. The van der Waals surface area contributed by atoms with E-state index in [0.717, 1.165) is 22.9 Å². The molecule has 1 aromatic carbocycles. The lowest BCUT2D eigenvalue weighted by atomic mass is 10.0. The molecule has 4 nitrogen and oxygen atoms in total. The first-order valence-corrected chi connectivity index (χ1v) is 6.89. The maximum Gasteiger partial charge on any atom is 0.305 e. The Morgan fingerprint density at radius 3 is 2.95 bits per heavy atom. The van der Waals surface area contributed by atoms with Gasteiger partial charge in [-0.25, -0.2) is 0 Å². The summed E-state index contributed by atoms with van der Waals surface area (Å²) in [5.74, 6) is -0.265. The number of hydrogen-bond acceptors (Lipinski definition) is 4. The van der Waals surface area contributed by atoms with Gasteiger partial charge in [-0.15, -0.1) is 0 Å². The first-order chi connectivity index (χ1) is 9.72. The molecule has 1 aromatic heterocycles. The largest absolute Gasteiger partial charge is 0.466 e. The Balaban J connectivity index is 2.04. The third kappa shape index (κ3) is 3.54. The molecule has 0 amide bonds. The highest BCUT2D eigenvalue weighted by atomic mass is 16.5. The van der Waals surface area contributed by atoms with E-state index in [9.17, 15) is 9.90 Å². The van der Waals surface area contributed by atoms with Gasteiger partial charge in [-0.1, -0.05) is 31.2 Å². The van der Waals surface area contributed by atoms with Gasteiger partial charge >= 0.3 is 5.97 Å². The van der Waals surface area contributed by atoms with Gasteiger partial charge in [0.2, 0.25) is 0 Å². The van der Waals surface area contributed by atoms with Gasteiger partial charge in [-0.2, -0.15) is 0 Å². The maximum absolute atomic E-state index is 11.5. The maximum atomic E-state index is 11.5. The number of nitrogens with zero attached hydrogens (tertiary/aromatic N) is 1. The number of aliphatic hydroxyl groups is 1. The van der Waals surface area contributed by atoms with Gasteiger partial charge in [0.05, 0.1) is 18.2 Å². The van der Waals surface area contributed by atoms with E-state index < -0.39 is 6.10 Å². The van der Waals surface area contributed by atoms with Crippen LogP contribution in [0.3, 0.4) is 0 Å². The van der Waals surface area contributed by atoms with Gasteiger partial charge in [0, 0.05) is 23.6 Å². The smallest absolute Gasteiger partial charge is 0.305 e. The molecule has 0 bridgehead atoms. The van der Waals surface area contributed by atoms with Crippen LogP contribution in [0.5, 0.6) is 0 Å². The van der Waals surface area contributed by atoms with Gasteiger partial charge in [-0.3, -0.25) is 9.78 Å². The summed E-state index contributed by atoms with van der Waals surface area (Å²) in [6.07, 6.45) is 2.36. The van der Waals surface area contributed by atoms with Crippen LogP contribution in [0.15, 0.2) is 36.5 Å². The lowest BCUT2D eigenvalue weighted by molar-refractivity contribution is -0.144. The zero-order valence-corrected chi connectivity index (χ0v) is 11.6. The number of ether oxygens (including phenoxy) is 1. The highest BCUT2D eigenvalue weighted by Crippen LogP contribution is 2.25. The summed E-state index contributed by atoms with van der Waals surface area (Å²) in [5, 5.41) is 11.2. The Kier molecular flexibility index (Phi) is 5.07. The summed E-state index contributed by atoms with van der Waals surface area (Å²) in [7, 11) is 0. The summed E-state index contributed by atoms with van der Waals surface area (Å²) in [4.78, 5) is 15.8. The van der Waals surface area contributed by atoms with Crippen molar-refractivity contribution in [2.75, 3.05) is 6.61 Å². The van der Waals surface area contributed by atoms with Crippen LogP contribution in [0.1, 0.15) is 37.9 Å². The molecule has 0 saturated carbocycles. The minimum atomic E-state index is -0.706. The zero-order valence-electron chi connectivity index (χ0n) is 11.6. The second-order valence-corrected chi connectivity index (χ2v) is 4.70. The second-order valence-electron chi connectivity index (χ2n) is 4.70. The van der Waals surface area contributed by atoms with Crippen molar-refractivity contribution in [1.29, 1.82) is 0 Å². The number of aliphatic hydroxyl groups excluding tert-OH is 1. The summed E-state index contributed by atoms with van der Waals surface area (Å²) >= 11 is 0. The van der Waals surface area contributed by atoms with Crippen LogP contribution in [0.2, 0.25) is 0 Å². The SMILES string of the molecule is CCCOC(=O)CCC(O)c1cccc2cccnc12. The van der Waals surface area contributed by atoms with E-state index in [1.807, 2.05) is 37.3 Å². The fourth-order valence-electron chi connectivity index (χ4n) is 2.09. The van der Waals surface area contributed by atoms with Crippen molar-refractivity contribution < 1.29 is 14.6 Å². The highest BCUT2D eigenvalue weighted by molar-refractivity contribution is 5.81. The molecule has 0 aliphatic carbocycles. The van der Waals surface area contributed by atoms with Crippen molar-refractivity contribution in [3.05, 3.63) is 42.1 Å². The number of esters is 1. The summed E-state index contributed by atoms with van der Waals surface area (Å²) in [6, 6.07) is 9.50.